The molecule has 0 saturated carbocycles. The van der Waals surface area contributed by atoms with E-state index in [0.717, 1.165) is 0 Å². The topological polar surface area (TPSA) is 118 Å². The Bertz CT molecular complexity index is 618. The lowest BCUT2D eigenvalue weighted by molar-refractivity contribution is -0.148. The molecule has 0 amide bonds. The molecule has 0 aliphatic heterocycles. The first-order valence-corrected chi connectivity index (χ1v) is 7.38. The second-order valence-electron chi connectivity index (χ2n) is 5.25. The van der Waals surface area contributed by atoms with Gasteiger partial charge in [0, 0.05) is 7.11 Å². The highest BCUT2D eigenvalue weighted by atomic mass is 16.6. The van der Waals surface area contributed by atoms with Crippen molar-refractivity contribution in [1.29, 1.82) is 0 Å². The Morgan fingerprint density at radius 1 is 1.30 bits per heavy atom. The fourth-order valence-corrected chi connectivity index (χ4v) is 2.30. The molecule has 3 N–H and O–H groups in total. The van der Waals surface area contributed by atoms with Crippen LogP contribution in [0.1, 0.15) is 20.1 Å². The molecule has 9 nitrogen and oxygen atoms in total. The summed E-state index contributed by atoms with van der Waals surface area (Å²) in [6.07, 6.45) is 1.95. The Morgan fingerprint density at radius 3 is 2.74 bits per heavy atom. The van der Waals surface area contributed by atoms with Gasteiger partial charge >= 0.3 is 0 Å². The van der Waals surface area contributed by atoms with Crippen LogP contribution in [0, 0.1) is 0 Å². The molecule has 9 heteroatoms. The number of aliphatic hydroxyl groups excluding tert-OH is 1. The summed E-state index contributed by atoms with van der Waals surface area (Å²) in [5.41, 5.74) is 6.85. The summed E-state index contributed by atoms with van der Waals surface area (Å²) in [4.78, 5) is 12.4. The standard InChI is InChI=1S/C14H23N5O4/c1-9(2)23-10(6-21-3)14(22-5-4-20)19-8-18-11-12(15)16-7-17-13(11)19/h7-10,14,20H,4-6H2,1-3H3,(H2,15,16,17). The van der Waals surface area contributed by atoms with Crippen molar-refractivity contribution in [3.05, 3.63) is 12.7 Å². The van der Waals surface area contributed by atoms with Crippen LogP contribution < -0.4 is 5.73 Å². The highest BCUT2D eigenvalue weighted by Crippen LogP contribution is 2.24. The Balaban J connectivity index is 2.40. The minimum atomic E-state index is -0.566. The molecule has 2 aromatic heterocycles. The van der Waals surface area contributed by atoms with Crippen LogP contribution in [0.4, 0.5) is 5.82 Å². The van der Waals surface area contributed by atoms with Gasteiger partial charge in [-0.3, -0.25) is 4.57 Å². The molecular formula is C14H23N5O4. The summed E-state index contributed by atoms with van der Waals surface area (Å²) in [6, 6.07) is 0. The number of hydrogen-bond donors (Lipinski definition) is 2. The average Bonchev–Trinajstić information content (AvgIpc) is 2.93. The zero-order valence-corrected chi connectivity index (χ0v) is 13.5. The SMILES string of the molecule is COCC(OC(C)C)C(OCCO)n1cnc2c(N)ncnc21. The predicted octanol–water partition coefficient (Wildman–Crippen LogP) is 0.356. The van der Waals surface area contributed by atoms with Crippen molar-refractivity contribution >= 4 is 17.0 Å². The van der Waals surface area contributed by atoms with Crippen molar-refractivity contribution in [2.75, 3.05) is 32.7 Å². The maximum atomic E-state index is 9.10. The number of anilines is 1. The van der Waals surface area contributed by atoms with E-state index >= 15 is 0 Å². The maximum Gasteiger partial charge on any atom is 0.167 e. The van der Waals surface area contributed by atoms with Gasteiger partial charge in [-0.05, 0) is 13.8 Å². The van der Waals surface area contributed by atoms with Crippen molar-refractivity contribution < 1.29 is 19.3 Å². The number of nitrogens with two attached hydrogens (primary N) is 1. The minimum Gasteiger partial charge on any atom is -0.394 e. The van der Waals surface area contributed by atoms with Gasteiger partial charge in [-0.15, -0.1) is 0 Å². The number of nitrogen functional groups attached to an aromatic ring is 1. The molecule has 2 atom stereocenters. The van der Waals surface area contributed by atoms with Crippen molar-refractivity contribution in [2.45, 2.75) is 32.3 Å². The number of aliphatic hydroxyl groups is 1. The summed E-state index contributed by atoms with van der Waals surface area (Å²) in [5, 5.41) is 9.10. The van der Waals surface area contributed by atoms with E-state index in [9.17, 15) is 0 Å². The number of rotatable bonds is 9. The van der Waals surface area contributed by atoms with Crippen LogP contribution in [0.15, 0.2) is 12.7 Å². The van der Waals surface area contributed by atoms with E-state index in [-0.39, 0.29) is 19.3 Å². The van der Waals surface area contributed by atoms with E-state index in [0.29, 0.717) is 23.6 Å². The Hall–Kier alpha value is -1.81. The first-order valence-electron chi connectivity index (χ1n) is 7.38. The van der Waals surface area contributed by atoms with E-state index in [4.69, 9.17) is 25.1 Å². The molecule has 0 aliphatic carbocycles. The first kappa shape index (κ1) is 17.5. The molecule has 2 heterocycles. The highest BCUT2D eigenvalue weighted by molar-refractivity contribution is 5.81. The maximum absolute atomic E-state index is 9.10. The molecule has 2 unspecified atom stereocenters. The fourth-order valence-electron chi connectivity index (χ4n) is 2.30. The van der Waals surface area contributed by atoms with E-state index in [1.807, 2.05) is 13.8 Å². The molecule has 2 rings (SSSR count). The van der Waals surface area contributed by atoms with E-state index in [1.165, 1.54) is 6.33 Å². The summed E-state index contributed by atoms with van der Waals surface area (Å²) >= 11 is 0. The van der Waals surface area contributed by atoms with Gasteiger partial charge in [-0.25, -0.2) is 15.0 Å². The quantitative estimate of drug-likeness (QED) is 0.678. The number of methoxy groups -OCH3 is 1. The molecule has 0 fully saturated rings. The second-order valence-corrected chi connectivity index (χ2v) is 5.25. The molecule has 23 heavy (non-hydrogen) atoms. The van der Waals surface area contributed by atoms with Gasteiger partial charge in [-0.1, -0.05) is 0 Å². The summed E-state index contributed by atoms with van der Waals surface area (Å²) in [7, 11) is 1.59. The average molecular weight is 325 g/mol. The molecule has 0 spiro atoms. The number of aromatic nitrogens is 4. The van der Waals surface area contributed by atoms with Crippen LogP contribution in [-0.2, 0) is 14.2 Å². The van der Waals surface area contributed by atoms with Crippen LogP contribution >= 0.6 is 0 Å². The number of ether oxygens (including phenoxy) is 3. The van der Waals surface area contributed by atoms with Crippen LogP contribution in [0.2, 0.25) is 0 Å². The highest BCUT2D eigenvalue weighted by Gasteiger charge is 2.28. The lowest BCUT2D eigenvalue weighted by Crippen LogP contribution is -2.35. The van der Waals surface area contributed by atoms with E-state index in [1.54, 1.807) is 18.0 Å². The van der Waals surface area contributed by atoms with Crippen LogP contribution in [0.5, 0.6) is 0 Å². The Kier molecular flexibility index (Phi) is 6.22. The lowest BCUT2D eigenvalue weighted by Gasteiger charge is -2.29. The molecule has 2 aromatic rings. The molecule has 0 aliphatic rings. The smallest absolute Gasteiger partial charge is 0.167 e. The molecule has 0 saturated heterocycles. The largest absolute Gasteiger partial charge is 0.394 e. The number of hydrogen-bond acceptors (Lipinski definition) is 8. The van der Waals surface area contributed by atoms with Crippen LogP contribution in [0.3, 0.4) is 0 Å². The molecular weight excluding hydrogens is 302 g/mol. The van der Waals surface area contributed by atoms with Crippen molar-refractivity contribution in [2.24, 2.45) is 0 Å². The van der Waals surface area contributed by atoms with Crippen LogP contribution in [0.25, 0.3) is 11.2 Å². The molecule has 0 aromatic carbocycles. The molecule has 128 valence electrons. The third-order valence-corrected chi connectivity index (χ3v) is 3.14. The van der Waals surface area contributed by atoms with E-state index in [2.05, 4.69) is 15.0 Å². The van der Waals surface area contributed by atoms with Gasteiger partial charge in [0.15, 0.2) is 17.7 Å². The predicted molar refractivity (Wildman–Crippen MR) is 83.7 cm³/mol. The van der Waals surface area contributed by atoms with Crippen molar-refractivity contribution in [3.8, 4) is 0 Å². The zero-order valence-electron chi connectivity index (χ0n) is 13.5. The van der Waals surface area contributed by atoms with Gasteiger partial charge < -0.3 is 25.1 Å². The molecule has 0 bridgehead atoms. The lowest BCUT2D eigenvalue weighted by atomic mass is 10.3. The van der Waals surface area contributed by atoms with Crippen LogP contribution in [-0.4, -0.2) is 63.8 Å². The van der Waals surface area contributed by atoms with E-state index < -0.39 is 12.3 Å². The second kappa shape index (κ2) is 8.16. The van der Waals surface area contributed by atoms with Gasteiger partial charge in [0.2, 0.25) is 0 Å². The van der Waals surface area contributed by atoms with Crippen molar-refractivity contribution in [3.63, 3.8) is 0 Å². The summed E-state index contributed by atoms with van der Waals surface area (Å²) < 4.78 is 18.6. The third-order valence-electron chi connectivity index (χ3n) is 3.14. The Labute approximate surface area is 134 Å². The number of fused-ring (bicyclic) bond motifs is 1. The monoisotopic (exact) mass is 325 g/mol. The summed E-state index contributed by atoms with van der Waals surface area (Å²) in [5.74, 6) is 0.294. The molecule has 0 radical (unpaired) electrons. The number of imidazole rings is 1. The fraction of sp³-hybridized carbons (Fsp3) is 0.643. The zero-order chi connectivity index (χ0) is 16.8. The number of nitrogens with zero attached hydrogens (tertiary/aromatic N) is 4. The van der Waals surface area contributed by atoms with Gasteiger partial charge in [0.1, 0.15) is 17.9 Å². The van der Waals surface area contributed by atoms with Gasteiger partial charge in [0.25, 0.3) is 0 Å². The van der Waals surface area contributed by atoms with Gasteiger partial charge in [-0.2, -0.15) is 0 Å². The Morgan fingerprint density at radius 2 is 2.09 bits per heavy atom. The normalized spacial score (nSPS) is 14.5. The van der Waals surface area contributed by atoms with Crippen molar-refractivity contribution in [1.82, 2.24) is 19.5 Å². The van der Waals surface area contributed by atoms with Gasteiger partial charge in [0.05, 0.1) is 32.3 Å². The summed E-state index contributed by atoms with van der Waals surface area (Å²) in [6.45, 7) is 4.21. The minimum absolute atomic E-state index is 0.0233. The first-order chi connectivity index (χ1) is 11.1. The third kappa shape index (κ3) is 4.14.